The van der Waals surface area contributed by atoms with Crippen molar-refractivity contribution in [2.24, 2.45) is 11.8 Å². The number of nitrogens with one attached hydrogen (secondary N) is 2. The van der Waals surface area contributed by atoms with E-state index in [9.17, 15) is 9.59 Å². The second kappa shape index (κ2) is 6.82. The maximum Gasteiger partial charge on any atom is 0.231 e. The topological polar surface area (TPSA) is 74.4 Å². The van der Waals surface area contributed by atoms with Crippen LogP contribution in [0.25, 0.3) is 10.9 Å². The van der Waals surface area contributed by atoms with Crippen LogP contribution in [0.3, 0.4) is 0 Å². The summed E-state index contributed by atoms with van der Waals surface area (Å²) in [6.45, 7) is 1.11. The highest BCUT2D eigenvalue weighted by Crippen LogP contribution is 2.52. The van der Waals surface area contributed by atoms with E-state index in [-0.39, 0.29) is 17.9 Å². The molecule has 3 aliphatic rings. The number of aromatic amines is 1. The van der Waals surface area contributed by atoms with Crippen LogP contribution in [0.15, 0.2) is 72.9 Å². The lowest BCUT2D eigenvalue weighted by molar-refractivity contribution is -0.135. The molecule has 1 spiro atoms. The molecule has 3 aliphatic heterocycles. The van der Waals surface area contributed by atoms with E-state index in [1.165, 1.54) is 10.9 Å². The Bertz CT molecular complexity index is 1200. The Balaban J connectivity index is 1.21. The zero-order valence-corrected chi connectivity index (χ0v) is 17.0. The van der Waals surface area contributed by atoms with Gasteiger partial charge in [-0.2, -0.15) is 0 Å². The number of amides is 2. The van der Waals surface area contributed by atoms with Crippen molar-refractivity contribution >= 4 is 28.4 Å². The van der Waals surface area contributed by atoms with Gasteiger partial charge in [0.05, 0.1) is 24.5 Å². The molecule has 2 aromatic carbocycles. The van der Waals surface area contributed by atoms with Crippen LogP contribution in [0.2, 0.25) is 0 Å². The molecule has 6 heteroatoms. The summed E-state index contributed by atoms with van der Waals surface area (Å²) in [6, 6.07) is 17.5. The van der Waals surface area contributed by atoms with Crippen molar-refractivity contribution in [1.29, 1.82) is 0 Å². The molecule has 4 atom stereocenters. The zero-order valence-electron chi connectivity index (χ0n) is 17.0. The Hall–Kier alpha value is -3.38. The van der Waals surface area contributed by atoms with E-state index in [0.29, 0.717) is 13.1 Å². The first-order chi connectivity index (χ1) is 15.1. The molecule has 2 N–H and O–H groups in total. The van der Waals surface area contributed by atoms with Gasteiger partial charge in [-0.15, -0.1) is 0 Å². The third-order valence-corrected chi connectivity index (χ3v) is 6.85. The van der Waals surface area contributed by atoms with Gasteiger partial charge < -0.3 is 19.9 Å². The van der Waals surface area contributed by atoms with Gasteiger partial charge in [0.1, 0.15) is 5.60 Å². The fourth-order valence-corrected chi connectivity index (χ4v) is 5.41. The summed E-state index contributed by atoms with van der Waals surface area (Å²) in [5.41, 5.74) is 2.34. The van der Waals surface area contributed by atoms with Gasteiger partial charge in [0.15, 0.2) is 0 Å². The summed E-state index contributed by atoms with van der Waals surface area (Å²) in [6.07, 6.45) is 6.38. The number of ether oxygens (including phenoxy) is 1. The van der Waals surface area contributed by atoms with Crippen LogP contribution >= 0.6 is 0 Å². The van der Waals surface area contributed by atoms with Crippen molar-refractivity contribution in [3.63, 3.8) is 0 Å². The average molecular weight is 413 g/mol. The van der Waals surface area contributed by atoms with Gasteiger partial charge in [-0.1, -0.05) is 48.6 Å². The molecule has 2 saturated heterocycles. The number of nitrogens with zero attached hydrogens (tertiary/aromatic N) is 1. The number of carbonyl (C=O) groups is 2. The number of H-pyrrole nitrogens is 1. The van der Waals surface area contributed by atoms with Crippen molar-refractivity contribution in [1.82, 2.24) is 9.88 Å². The third kappa shape index (κ3) is 2.82. The summed E-state index contributed by atoms with van der Waals surface area (Å²) in [5.74, 6) is -1.11. The number of likely N-dealkylation sites (tertiary alicyclic amines) is 1. The van der Waals surface area contributed by atoms with Crippen LogP contribution in [-0.2, 0) is 20.7 Å². The number of aromatic nitrogens is 1. The Morgan fingerprint density at radius 1 is 1.16 bits per heavy atom. The summed E-state index contributed by atoms with van der Waals surface area (Å²) in [5, 5.41) is 4.15. The highest BCUT2D eigenvalue weighted by atomic mass is 16.5. The lowest BCUT2D eigenvalue weighted by Gasteiger charge is -2.23. The Labute approximate surface area is 179 Å². The molecule has 31 heavy (non-hydrogen) atoms. The molecular weight excluding hydrogens is 390 g/mol. The molecule has 6 rings (SSSR count). The summed E-state index contributed by atoms with van der Waals surface area (Å²) >= 11 is 0. The lowest BCUT2D eigenvalue weighted by Crippen LogP contribution is -2.41. The molecule has 6 nitrogen and oxygen atoms in total. The molecule has 0 radical (unpaired) electrons. The number of hydrogen-bond acceptors (Lipinski definition) is 3. The first-order valence-corrected chi connectivity index (χ1v) is 10.7. The van der Waals surface area contributed by atoms with E-state index in [1.807, 2.05) is 65.7 Å². The molecule has 156 valence electrons. The molecule has 2 fully saturated rings. The summed E-state index contributed by atoms with van der Waals surface area (Å²) in [4.78, 5) is 31.6. The number of benzene rings is 2. The van der Waals surface area contributed by atoms with Gasteiger partial charge in [-0.25, -0.2) is 0 Å². The minimum Gasteiger partial charge on any atom is -0.361 e. The Kier molecular flexibility index (Phi) is 4.05. The normalized spacial score (nSPS) is 28.5. The summed E-state index contributed by atoms with van der Waals surface area (Å²) in [7, 11) is 0. The second-order valence-electron chi connectivity index (χ2n) is 8.62. The maximum absolute atomic E-state index is 13.4. The molecular formula is C25H23N3O3. The smallest absolute Gasteiger partial charge is 0.231 e. The number of anilines is 1. The molecule has 2 amide bonds. The van der Waals surface area contributed by atoms with E-state index >= 15 is 0 Å². The number of carbonyl (C=O) groups excluding carboxylic acids is 2. The van der Waals surface area contributed by atoms with E-state index < -0.39 is 17.4 Å². The second-order valence-corrected chi connectivity index (χ2v) is 8.62. The third-order valence-electron chi connectivity index (χ3n) is 6.85. The minimum absolute atomic E-state index is 0.0138. The van der Waals surface area contributed by atoms with Crippen LogP contribution in [0.1, 0.15) is 5.56 Å². The first-order valence-electron chi connectivity index (χ1n) is 10.7. The van der Waals surface area contributed by atoms with Gasteiger partial charge in [0.25, 0.3) is 0 Å². The van der Waals surface area contributed by atoms with Gasteiger partial charge >= 0.3 is 0 Å². The fraction of sp³-hybridized carbons (Fsp3) is 0.280. The van der Waals surface area contributed by atoms with Crippen LogP contribution in [0.5, 0.6) is 0 Å². The van der Waals surface area contributed by atoms with Crippen molar-refractivity contribution in [3.8, 4) is 0 Å². The maximum atomic E-state index is 13.4. The number of hydrogen-bond donors (Lipinski definition) is 2. The van der Waals surface area contributed by atoms with Crippen molar-refractivity contribution in [2.45, 2.75) is 18.1 Å². The zero-order chi connectivity index (χ0) is 21.0. The minimum atomic E-state index is -0.680. The van der Waals surface area contributed by atoms with Gasteiger partial charge in [-0.05, 0) is 30.2 Å². The molecule has 1 aromatic heterocycles. The Morgan fingerprint density at radius 3 is 2.84 bits per heavy atom. The molecule has 2 bridgehead atoms. The van der Waals surface area contributed by atoms with E-state index in [1.54, 1.807) is 0 Å². The van der Waals surface area contributed by atoms with Crippen LogP contribution < -0.4 is 5.32 Å². The van der Waals surface area contributed by atoms with Crippen molar-refractivity contribution in [2.75, 3.05) is 18.4 Å². The number of rotatable bonds is 5. The predicted molar refractivity (Wildman–Crippen MR) is 117 cm³/mol. The van der Waals surface area contributed by atoms with Crippen LogP contribution in [-0.4, -0.2) is 46.5 Å². The monoisotopic (exact) mass is 413 g/mol. The molecule has 3 aromatic rings. The first kappa shape index (κ1) is 18.4. The highest BCUT2D eigenvalue weighted by Gasteiger charge is 2.66. The highest BCUT2D eigenvalue weighted by molar-refractivity contribution is 5.99. The van der Waals surface area contributed by atoms with E-state index in [2.05, 4.69) is 22.4 Å². The fourth-order valence-electron chi connectivity index (χ4n) is 5.41. The quantitative estimate of drug-likeness (QED) is 0.631. The number of para-hydroxylation sites is 2. The lowest BCUT2D eigenvalue weighted by atomic mass is 9.77. The van der Waals surface area contributed by atoms with E-state index in [4.69, 9.17) is 4.74 Å². The average Bonchev–Trinajstić information content (AvgIpc) is 3.53. The van der Waals surface area contributed by atoms with Gasteiger partial charge in [0.2, 0.25) is 11.8 Å². The van der Waals surface area contributed by atoms with Crippen molar-refractivity contribution < 1.29 is 14.3 Å². The largest absolute Gasteiger partial charge is 0.361 e. The molecule has 0 unspecified atom stereocenters. The van der Waals surface area contributed by atoms with Crippen LogP contribution in [0, 0.1) is 11.8 Å². The number of fused-ring (bicyclic) bond motifs is 2. The predicted octanol–water partition coefficient (Wildman–Crippen LogP) is 3.13. The van der Waals surface area contributed by atoms with Crippen LogP contribution in [0.4, 0.5) is 5.69 Å². The SMILES string of the molecule is O=C(Nc1ccccc1)[C@H]1[C@@H]2C=C[C@@]3(CN(CCc4c[nH]c5ccccc45)C(=O)[C@H]13)O2. The van der Waals surface area contributed by atoms with Gasteiger partial charge in [-0.3, -0.25) is 9.59 Å². The molecule has 0 aliphatic carbocycles. The van der Waals surface area contributed by atoms with Crippen molar-refractivity contribution in [3.05, 3.63) is 78.5 Å². The molecule has 0 saturated carbocycles. The summed E-state index contributed by atoms with van der Waals surface area (Å²) < 4.78 is 6.22. The van der Waals surface area contributed by atoms with E-state index in [0.717, 1.165) is 17.6 Å². The van der Waals surface area contributed by atoms with Gasteiger partial charge in [0, 0.05) is 29.3 Å². The standard InChI is InChI=1S/C25H23N3O3/c29-23(27-17-6-2-1-3-7-17)21-20-10-12-25(31-20)15-28(24(30)22(21)25)13-11-16-14-26-19-9-5-4-8-18(16)19/h1-10,12,14,20-22,26H,11,13,15H2,(H,27,29)/t20-,21-,22-,25-/m0/s1. The molecule has 4 heterocycles. The Morgan fingerprint density at radius 2 is 1.97 bits per heavy atom.